The van der Waals surface area contributed by atoms with Crippen LogP contribution in [0.4, 0.5) is 0 Å². The van der Waals surface area contributed by atoms with Crippen LogP contribution in [0.3, 0.4) is 0 Å². The Morgan fingerprint density at radius 3 is 2.22 bits per heavy atom. The summed E-state index contributed by atoms with van der Waals surface area (Å²) in [7, 11) is 0. The van der Waals surface area contributed by atoms with Gasteiger partial charge >= 0.3 is 0 Å². The molecule has 0 aliphatic rings. The van der Waals surface area contributed by atoms with E-state index in [2.05, 4.69) is 34.7 Å². The second-order valence-corrected chi connectivity index (χ2v) is 2.92. The van der Waals surface area contributed by atoms with Crippen molar-refractivity contribution in [2.45, 2.75) is 20.3 Å². The van der Waals surface area contributed by atoms with Gasteiger partial charge in [0.25, 0.3) is 0 Å². The summed E-state index contributed by atoms with van der Waals surface area (Å²) < 4.78 is 0. The van der Waals surface area contributed by atoms with Crippen LogP contribution >= 0.6 is 15.9 Å². The van der Waals surface area contributed by atoms with Crippen LogP contribution in [0, 0.1) is 0 Å². The molecule has 0 aromatic rings. The van der Waals surface area contributed by atoms with Gasteiger partial charge in [-0.1, -0.05) is 29.8 Å². The van der Waals surface area contributed by atoms with Crippen LogP contribution in [0.15, 0.2) is 0 Å². The summed E-state index contributed by atoms with van der Waals surface area (Å²) in [6.07, 6.45) is 1.26. The van der Waals surface area contributed by atoms with Gasteiger partial charge < -0.3 is 4.90 Å². The smallest absolute Gasteiger partial charge is 0.0159 e. The van der Waals surface area contributed by atoms with Crippen molar-refractivity contribution in [2.24, 2.45) is 0 Å². The van der Waals surface area contributed by atoms with Crippen molar-refractivity contribution in [1.82, 2.24) is 4.90 Å². The first kappa shape index (κ1) is 9.44. The maximum atomic E-state index is 3.42. The van der Waals surface area contributed by atoms with Crippen LogP contribution < -0.4 is 0 Å². The predicted molar refractivity (Wildman–Crippen MR) is 46.2 cm³/mol. The summed E-state index contributed by atoms with van der Waals surface area (Å²) in [4.78, 5) is 2.44. The molecule has 56 valence electrons. The van der Waals surface area contributed by atoms with Gasteiger partial charge in [-0.05, 0) is 19.5 Å². The molecule has 0 aromatic heterocycles. The number of nitrogens with zero attached hydrogens (tertiary/aromatic N) is 1. The third kappa shape index (κ3) is 4.91. The van der Waals surface area contributed by atoms with Gasteiger partial charge in [-0.25, -0.2) is 0 Å². The van der Waals surface area contributed by atoms with E-state index in [0.29, 0.717) is 0 Å². The molecule has 0 saturated carbocycles. The molecule has 0 unspecified atom stereocenters. The summed E-state index contributed by atoms with van der Waals surface area (Å²) in [5, 5.41) is 1.10. The maximum absolute atomic E-state index is 3.42. The summed E-state index contributed by atoms with van der Waals surface area (Å²) in [6.45, 7) is 8.03. The molecule has 0 rings (SSSR count). The zero-order chi connectivity index (χ0) is 7.11. The molecule has 0 atom stereocenters. The molecule has 1 nitrogen and oxygen atoms in total. The van der Waals surface area contributed by atoms with E-state index in [1.165, 1.54) is 26.1 Å². The van der Waals surface area contributed by atoms with Gasteiger partial charge in [0.05, 0.1) is 0 Å². The first-order valence-electron chi connectivity index (χ1n) is 3.63. The third-order valence-electron chi connectivity index (χ3n) is 1.39. The van der Waals surface area contributed by atoms with Crippen LogP contribution in [-0.4, -0.2) is 29.9 Å². The Bertz CT molecular complexity index is 50.9. The van der Waals surface area contributed by atoms with Gasteiger partial charge in [0.1, 0.15) is 0 Å². The Kier molecular flexibility index (Phi) is 6.88. The lowest BCUT2D eigenvalue weighted by Gasteiger charge is -2.17. The van der Waals surface area contributed by atoms with Crippen molar-refractivity contribution in [3.05, 3.63) is 0 Å². The van der Waals surface area contributed by atoms with Crippen molar-refractivity contribution in [3.8, 4) is 0 Å². The molecule has 0 amide bonds. The van der Waals surface area contributed by atoms with E-state index in [1.54, 1.807) is 0 Å². The lowest BCUT2D eigenvalue weighted by Crippen LogP contribution is -2.25. The van der Waals surface area contributed by atoms with Crippen LogP contribution in [0.1, 0.15) is 20.3 Å². The molecule has 0 spiro atoms. The van der Waals surface area contributed by atoms with E-state index in [0.717, 1.165) is 5.33 Å². The van der Waals surface area contributed by atoms with Crippen molar-refractivity contribution >= 4 is 15.9 Å². The zero-order valence-corrected chi connectivity index (χ0v) is 7.95. The molecule has 0 saturated heterocycles. The van der Waals surface area contributed by atoms with Gasteiger partial charge in [0.15, 0.2) is 0 Å². The fourth-order valence-electron chi connectivity index (χ4n) is 0.864. The van der Waals surface area contributed by atoms with Crippen LogP contribution in [-0.2, 0) is 0 Å². The highest BCUT2D eigenvalue weighted by molar-refractivity contribution is 9.09. The van der Waals surface area contributed by atoms with Crippen molar-refractivity contribution in [1.29, 1.82) is 0 Å². The van der Waals surface area contributed by atoms with E-state index in [4.69, 9.17) is 0 Å². The molecule has 0 aliphatic carbocycles. The average Bonchev–Trinajstić information content (AvgIpc) is 1.88. The summed E-state index contributed by atoms with van der Waals surface area (Å²) >= 11 is 3.42. The van der Waals surface area contributed by atoms with Crippen molar-refractivity contribution in [2.75, 3.05) is 25.0 Å². The second-order valence-electron chi connectivity index (χ2n) is 2.12. The third-order valence-corrected chi connectivity index (χ3v) is 1.74. The van der Waals surface area contributed by atoms with Gasteiger partial charge in [0.2, 0.25) is 0 Å². The molecule has 0 heterocycles. The molecule has 0 aromatic carbocycles. The number of rotatable bonds is 5. The van der Waals surface area contributed by atoms with E-state index in [-0.39, 0.29) is 0 Å². The molecule has 0 radical (unpaired) electrons. The van der Waals surface area contributed by atoms with Crippen molar-refractivity contribution in [3.63, 3.8) is 0 Å². The SMILES string of the molecule is CCCN(CC)CCBr. The first-order chi connectivity index (χ1) is 4.35. The summed E-state index contributed by atoms with van der Waals surface area (Å²) in [5.41, 5.74) is 0. The monoisotopic (exact) mass is 193 g/mol. The first-order valence-corrected chi connectivity index (χ1v) is 4.75. The summed E-state index contributed by atoms with van der Waals surface area (Å²) in [5.74, 6) is 0. The molecular weight excluding hydrogens is 178 g/mol. The molecule has 2 heteroatoms. The van der Waals surface area contributed by atoms with Gasteiger partial charge in [-0.15, -0.1) is 0 Å². The highest BCUT2D eigenvalue weighted by Gasteiger charge is 1.96. The van der Waals surface area contributed by atoms with E-state index in [1.807, 2.05) is 0 Å². The Morgan fingerprint density at radius 1 is 1.22 bits per heavy atom. The molecular formula is C7H16BrN. The minimum atomic E-state index is 1.10. The number of hydrogen-bond acceptors (Lipinski definition) is 1. The zero-order valence-electron chi connectivity index (χ0n) is 6.36. The molecule has 0 bridgehead atoms. The summed E-state index contributed by atoms with van der Waals surface area (Å²) in [6, 6.07) is 0. The lowest BCUT2D eigenvalue weighted by molar-refractivity contribution is 0.308. The Labute approximate surface area is 66.6 Å². The molecule has 9 heavy (non-hydrogen) atoms. The normalized spacial score (nSPS) is 10.7. The highest BCUT2D eigenvalue weighted by Crippen LogP contribution is 1.91. The fraction of sp³-hybridized carbons (Fsp3) is 1.00. The maximum Gasteiger partial charge on any atom is 0.0159 e. The Morgan fingerprint density at radius 2 is 1.89 bits per heavy atom. The number of alkyl halides is 1. The highest BCUT2D eigenvalue weighted by atomic mass is 79.9. The van der Waals surface area contributed by atoms with Crippen molar-refractivity contribution < 1.29 is 0 Å². The van der Waals surface area contributed by atoms with E-state index < -0.39 is 0 Å². The van der Waals surface area contributed by atoms with Crippen LogP contribution in [0.2, 0.25) is 0 Å². The van der Waals surface area contributed by atoms with Crippen LogP contribution in [0.25, 0.3) is 0 Å². The van der Waals surface area contributed by atoms with E-state index >= 15 is 0 Å². The topological polar surface area (TPSA) is 3.24 Å². The standard InChI is InChI=1S/C7H16BrN/c1-3-6-9(4-2)7-5-8/h3-7H2,1-2H3. The van der Waals surface area contributed by atoms with Gasteiger partial charge in [0, 0.05) is 11.9 Å². The molecule has 0 fully saturated rings. The Balaban J connectivity index is 3.18. The Hall–Kier alpha value is 0.440. The molecule has 0 aliphatic heterocycles. The fourth-order valence-corrected chi connectivity index (χ4v) is 1.37. The minimum Gasteiger partial charge on any atom is -0.303 e. The minimum absolute atomic E-state index is 1.10. The second kappa shape index (κ2) is 6.56. The van der Waals surface area contributed by atoms with E-state index in [9.17, 15) is 0 Å². The lowest BCUT2D eigenvalue weighted by atomic mass is 10.4. The number of halogens is 1. The predicted octanol–water partition coefficient (Wildman–Crippen LogP) is 2.11. The average molecular weight is 194 g/mol. The van der Waals surface area contributed by atoms with Crippen LogP contribution in [0.5, 0.6) is 0 Å². The number of hydrogen-bond donors (Lipinski definition) is 0. The molecule has 0 N–H and O–H groups in total. The largest absolute Gasteiger partial charge is 0.303 e. The quantitative estimate of drug-likeness (QED) is 0.606. The van der Waals surface area contributed by atoms with Gasteiger partial charge in [-0.2, -0.15) is 0 Å². The van der Waals surface area contributed by atoms with Gasteiger partial charge in [-0.3, -0.25) is 0 Å².